The molecule has 0 saturated carbocycles. The van der Waals surface area contributed by atoms with Crippen molar-refractivity contribution in [3.63, 3.8) is 0 Å². The van der Waals surface area contributed by atoms with Gasteiger partial charge in [-0.25, -0.2) is 4.98 Å². The molecule has 0 radical (unpaired) electrons. The van der Waals surface area contributed by atoms with Gasteiger partial charge in [0.2, 0.25) is 5.89 Å². The number of aromatic nitrogens is 1. The van der Waals surface area contributed by atoms with Crippen molar-refractivity contribution in [2.75, 3.05) is 13.7 Å². The summed E-state index contributed by atoms with van der Waals surface area (Å²) < 4.78 is 16.7. The van der Waals surface area contributed by atoms with Crippen LogP contribution in [-0.4, -0.2) is 24.7 Å². The first-order valence-electron chi connectivity index (χ1n) is 8.94. The van der Waals surface area contributed by atoms with E-state index in [0.717, 1.165) is 27.6 Å². The second-order valence-corrected chi connectivity index (χ2v) is 6.40. The summed E-state index contributed by atoms with van der Waals surface area (Å²) in [5, 5.41) is 12.5. The van der Waals surface area contributed by atoms with Gasteiger partial charge in [-0.05, 0) is 60.0 Å². The molecule has 4 rings (SSSR count). The molecule has 0 N–H and O–H groups in total. The molecule has 0 spiro atoms. The predicted octanol–water partition coefficient (Wildman–Crippen LogP) is 0.569. The molecule has 0 amide bonds. The molecule has 0 aliphatic heterocycles. The molecular formula is C22H18NNaO5. The second-order valence-electron chi connectivity index (χ2n) is 6.40. The summed E-state index contributed by atoms with van der Waals surface area (Å²) >= 11 is 0. The molecule has 4 aromatic rings. The molecule has 7 heteroatoms. The Hall–Kier alpha value is -2.54. The Morgan fingerprint density at radius 3 is 2.59 bits per heavy atom. The van der Waals surface area contributed by atoms with Crippen molar-refractivity contribution in [3.05, 3.63) is 54.6 Å². The van der Waals surface area contributed by atoms with Gasteiger partial charge in [-0.3, -0.25) is 0 Å². The number of hydrogen-bond acceptors (Lipinski definition) is 6. The fraction of sp³-hybridized carbons (Fsp3) is 0.182. The van der Waals surface area contributed by atoms with Crippen LogP contribution in [-0.2, 0) is 4.79 Å². The quantitative estimate of drug-likeness (QED) is 0.334. The van der Waals surface area contributed by atoms with Gasteiger partial charge in [0, 0.05) is 17.6 Å². The van der Waals surface area contributed by atoms with Crippen molar-refractivity contribution in [3.8, 4) is 23.0 Å². The minimum absolute atomic E-state index is 0. The molecule has 142 valence electrons. The van der Waals surface area contributed by atoms with E-state index >= 15 is 0 Å². The summed E-state index contributed by atoms with van der Waals surface area (Å²) in [7, 11) is 1.61. The Kier molecular flexibility index (Phi) is 6.79. The van der Waals surface area contributed by atoms with Crippen LogP contribution in [0.5, 0.6) is 11.5 Å². The fourth-order valence-corrected chi connectivity index (χ4v) is 3.01. The van der Waals surface area contributed by atoms with E-state index in [9.17, 15) is 9.90 Å². The largest absolute Gasteiger partial charge is 1.00 e. The number of benzene rings is 3. The van der Waals surface area contributed by atoms with E-state index in [4.69, 9.17) is 13.9 Å². The maximum atomic E-state index is 10.4. The first kappa shape index (κ1) is 21.2. The average molecular weight is 399 g/mol. The van der Waals surface area contributed by atoms with Crippen LogP contribution >= 0.6 is 0 Å². The zero-order valence-corrected chi connectivity index (χ0v) is 18.3. The van der Waals surface area contributed by atoms with Crippen molar-refractivity contribution in [1.82, 2.24) is 4.98 Å². The van der Waals surface area contributed by atoms with Gasteiger partial charge < -0.3 is 23.8 Å². The van der Waals surface area contributed by atoms with Gasteiger partial charge >= 0.3 is 29.6 Å². The summed E-state index contributed by atoms with van der Waals surface area (Å²) in [5.41, 5.74) is 2.33. The summed E-state index contributed by atoms with van der Waals surface area (Å²) in [6.07, 6.45) is 0.412. The van der Waals surface area contributed by atoms with Crippen LogP contribution in [0.15, 0.2) is 59.0 Å². The Balaban J connectivity index is 0.00000240. The number of oxazole rings is 1. The monoisotopic (exact) mass is 399 g/mol. The second kappa shape index (κ2) is 9.31. The number of carboxylic acid groups (broad SMARTS) is 1. The Morgan fingerprint density at radius 2 is 1.79 bits per heavy atom. The Bertz CT molecular complexity index is 1150. The van der Waals surface area contributed by atoms with Gasteiger partial charge in [-0.15, -0.1) is 0 Å². The molecule has 3 aromatic carbocycles. The topological polar surface area (TPSA) is 84.6 Å². The SMILES string of the molecule is COc1ccc2nc(-c3ccc4cc(OCCCC(=O)[O-])ccc4c3)oc2c1.[Na+]. The molecule has 0 saturated heterocycles. The van der Waals surface area contributed by atoms with Gasteiger partial charge in [-0.1, -0.05) is 12.1 Å². The molecule has 0 aliphatic carbocycles. The van der Waals surface area contributed by atoms with Crippen LogP contribution in [0.1, 0.15) is 12.8 Å². The molecule has 1 heterocycles. The summed E-state index contributed by atoms with van der Waals surface area (Å²) in [6.45, 7) is 0.337. The Labute approximate surface area is 189 Å². The first-order valence-corrected chi connectivity index (χ1v) is 8.94. The maximum absolute atomic E-state index is 10.4. The number of rotatable bonds is 7. The number of aliphatic carboxylic acids is 1. The van der Waals surface area contributed by atoms with E-state index in [1.165, 1.54) is 0 Å². The zero-order chi connectivity index (χ0) is 19.5. The van der Waals surface area contributed by atoms with Crippen LogP contribution in [0.2, 0.25) is 0 Å². The van der Waals surface area contributed by atoms with Gasteiger partial charge in [0.25, 0.3) is 0 Å². The number of methoxy groups -OCH3 is 1. The van der Waals surface area contributed by atoms with E-state index in [1.54, 1.807) is 7.11 Å². The van der Waals surface area contributed by atoms with Crippen molar-refractivity contribution >= 4 is 27.8 Å². The normalized spacial score (nSPS) is 10.7. The first-order chi connectivity index (χ1) is 13.6. The third kappa shape index (κ3) is 4.90. The maximum Gasteiger partial charge on any atom is 1.00 e. The predicted molar refractivity (Wildman–Crippen MR) is 103 cm³/mol. The van der Waals surface area contributed by atoms with Gasteiger partial charge in [0.05, 0.1) is 13.7 Å². The van der Waals surface area contributed by atoms with Gasteiger partial charge in [-0.2, -0.15) is 0 Å². The van der Waals surface area contributed by atoms with Crippen LogP contribution in [0.4, 0.5) is 0 Å². The molecular weight excluding hydrogens is 381 g/mol. The van der Waals surface area contributed by atoms with Crippen LogP contribution < -0.4 is 44.1 Å². The molecule has 0 bridgehead atoms. The van der Waals surface area contributed by atoms with Crippen molar-refractivity contribution in [2.45, 2.75) is 12.8 Å². The summed E-state index contributed by atoms with van der Waals surface area (Å²) in [4.78, 5) is 15.0. The van der Waals surface area contributed by atoms with Crippen LogP contribution in [0.25, 0.3) is 33.3 Å². The minimum atomic E-state index is -1.06. The number of ether oxygens (including phenoxy) is 2. The fourth-order valence-electron chi connectivity index (χ4n) is 3.01. The molecule has 6 nitrogen and oxygen atoms in total. The van der Waals surface area contributed by atoms with Gasteiger partial charge in [0.15, 0.2) is 5.58 Å². The van der Waals surface area contributed by atoms with E-state index in [1.807, 2.05) is 54.6 Å². The summed E-state index contributed by atoms with van der Waals surface area (Å²) in [6, 6.07) is 17.2. The van der Waals surface area contributed by atoms with Crippen molar-refractivity contribution in [2.24, 2.45) is 0 Å². The van der Waals surface area contributed by atoms with E-state index in [0.29, 0.717) is 30.3 Å². The van der Waals surface area contributed by atoms with E-state index in [-0.39, 0.29) is 36.0 Å². The van der Waals surface area contributed by atoms with Crippen LogP contribution in [0.3, 0.4) is 0 Å². The van der Waals surface area contributed by atoms with Gasteiger partial charge in [0.1, 0.15) is 17.0 Å². The molecule has 0 aliphatic rings. The third-order valence-electron chi connectivity index (χ3n) is 4.45. The number of hydrogen-bond donors (Lipinski definition) is 0. The molecule has 0 atom stereocenters. The number of carboxylic acids is 1. The van der Waals surface area contributed by atoms with Crippen molar-refractivity contribution < 1.29 is 53.3 Å². The minimum Gasteiger partial charge on any atom is -0.550 e. The third-order valence-corrected chi connectivity index (χ3v) is 4.45. The smallest absolute Gasteiger partial charge is 0.550 e. The molecule has 0 fully saturated rings. The number of carbonyl (C=O) groups is 1. The average Bonchev–Trinajstić information content (AvgIpc) is 3.13. The summed E-state index contributed by atoms with van der Waals surface area (Å²) in [5.74, 6) is 0.911. The standard InChI is InChI=1S/C22H19NO5.Na/c1-26-17-8-9-19-20(13-17)28-22(23-19)16-5-4-15-12-18(7-6-14(15)11-16)27-10-2-3-21(24)25;/h4-9,11-13H,2-3,10H2,1H3,(H,24,25);/q;+1/p-1. The molecule has 29 heavy (non-hydrogen) atoms. The van der Waals surface area contributed by atoms with Crippen LogP contribution in [0, 0.1) is 0 Å². The molecule has 0 unspecified atom stereocenters. The zero-order valence-electron chi connectivity index (χ0n) is 16.3. The van der Waals surface area contributed by atoms with E-state index < -0.39 is 5.97 Å². The molecule has 1 aromatic heterocycles. The number of carbonyl (C=O) groups excluding carboxylic acids is 1. The number of fused-ring (bicyclic) bond motifs is 2. The van der Waals surface area contributed by atoms with E-state index in [2.05, 4.69) is 4.98 Å². The Morgan fingerprint density at radius 1 is 1.03 bits per heavy atom. The van der Waals surface area contributed by atoms with Crippen molar-refractivity contribution in [1.29, 1.82) is 0 Å². The number of nitrogens with zero attached hydrogens (tertiary/aromatic N) is 1.